The average Bonchev–Trinajstić information content (AvgIpc) is 3.42. The Morgan fingerprint density at radius 1 is 1.26 bits per heavy atom. The van der Waals surface area contributed by atoms with E-state index >= 15 is 0 Å². The molecule has 1 aromatic carbocycles. The smallest absolute Gasteiger partial charge is 0.261 e. The van der Waals surface area contributed by atoms with Crippen LogP contribution in [0.1, 0.15) is 58.1 Å². The Kier molecular flexibility index (Phi) is 6.53. The van der Waals surface area contributed by atoms with Crippen molar-refractivity contribution in [3.8, 4) is 5.75 Å². The number of amides is 1. The van der Waals surface area contributed by atoms with Crippen LogP contribution in [-0.4, -0.2) is 47.5 Å². The molecule has 0 unspecified atom stereocenters. The van der Waals surface area contributed by atoms with Crippen molar-refractivity contribution in [3.63, 3.8) is 0 Å². The minimum Gasteiger partial charge on any atom is -0.497 e. The lowest BCUT2D eigenvalue weighted by atomic mass is 10.0. The van der Waals surface area contributed by atoms with E-state index in [0.717, 1.165) is 57.4 Å². The number of benzene rings is 1. The summed E-state index contributed by atoms with van der Waals surface area (Å²) in [5.41, 5.74) is 3.08. The van der Waals surface area contributed by atoms with E-state index in [4.69, 9.17) is 4.74 Å². The molecule has 2 aromatic heterocycles. The maximum Gasteiger partial charge on any atom is 0.261 e. The summed E-state index contributed by atoms with van der Waals surface area (Å²) in [5.74, 6) is 1.63. The number of carbonyl (C=O) groups is 1. The fourth-order valence-electron chi connectivity index (χ4n) is 4.40. The van der Waals surface area contributed by atoms with Gasteiger partial charge in [-0.2, -0.15) is 0 Å². The number of carbonyl (C=O) groups excluding carboxylic acids is 1. The number of rotatable bonds is 7. The van der Waals surface area contributed by atoms with Crippen LogP contribution >= 0.6 is 11.3 Å². The summed E-state index contributed by atoms with van der Waals surface area (Å²) >= 11 is 1.46. The highest BCUT2D eigenvalue weighted by atomic mass is 32.1. The molecule has 0 bridgehead atoms. The van der Waals surface area contributed by atoms with E-state index < -0.39 is 0 Å². The maximum absolute atomic E-state index is 13.2. The van der Waals surface area contributed by atoms with Gasteiger partial charge in [-0.15, -0.1) is 11.3 Å². The first-order valence-corrected chi connectivity index (χ1v) is 11.8. The maximum atomic E-state index is 13.2. The van der Waals surface area contributed by atoms with Gasteiger partial charge in [0.25, 0.3) is 5.91 Å². The molecule has 1 aliphatic rings. The third-order valence-electron chi connectivity index (χ3n) is 6.06. The third-order valence-corrected chi connectivity index (χ3v) is 7.24. The van der Waals surface area contributed by atoms with Gasteiger partial charge in [0.05, 0.1) is 18.0 Å². The fraction of sp³-hybridized carbons (Fsp3) is 0.458. The number of methoxy groups -OCH3 is 1. The lowest BCUT2D eigenvalue weighted by molar-refractivity contribution is 0.0941. The van der Waals surface area contributed by atoms with Crippen molar-refractivity contribution in [3.05, 3.63) is 51.8 Å². The number of thiophene rings is 1. The van der Waals surface area contributed by atoms with Crippen LogP contribution in [0.25, 0.3) is 10.2 Å². The zero-order chi connectivity index (χ0) is 22.0. The van der Waals surface area contributed by atoms with E-state index in [1.807, 2.05) is 32.9 Å². The molecule has 6 nitrogen and oxygen atoms in total. The third kappa shape index (κ3) is 4.43. The molecule has 3 heterocycles. The molecule has 1 amide bonds. The number of nitrogens with zero attached hydrogens (tertiary/aromatic N) is 3. The van der Waals surface area contributed by atoms with Gasteiger partial charge < -0.3 is 10.1 Å². The molecule has 4 rings (SSSR count). The molecule has 1 fully saturated rings. The molecule has 0 spiro atoms. The second kappa shape index (κ2) is 9.32. The average molecular weight is 439 g/mol. The number of hydrogen-bond acceptors (Lipinski definition) is 6. The van der Waals surface area contributed by atoms with Gasteiger partial charge in [0.2, 0.25) is 0 Å². The van der Waals surface area contributed by atoms with E-state index in [1.54, 1.807) is 7.11 Å². The molecule has 31 heavy (non-hydrogen) atoms. The summed E-state index contributed by atoms with van der Waals surface area (Å²) in [6, 6.07) is 8.29. The lowest BCUT2D eigenvalue weighted by Crippen LogP contribution is -2.36. The Labute approximate surface area is 187 Å². The van der Waals surface area contributed by atoms with Gasteiger partial charge in [-0.1, -0.05) is 19.1 Å². The molecule has 0 saturated carbocycles. The van der Waals surface area contributed by atoms with E-state index in [9.17, 15) is 4.79 Å². The molecule has 164 valence electrons. The normalized spacial score (nSPS) is 15.4. The number of likely N-dealkylation sites (tertiary alicyclic amines) is 1. The summed E-state index contributed by atoms with van der Waals surface area (Å²) in [5, 5.41) is 4.21. The number of fused-ring (bicyclic) bond motifs is 1. The van der Waals surface area contributed by atoms with Gasteiger partial charge in [-0.3, -0.25) is 9.69 Å². The van der Waals surface area contributed by atoms with Crippen molar-refractivity contribution < 1.29 is 9.53 Å². The Balaban J connectivity index is 1.58. The number of aryl methyl sites for hydroxylation is 3. The van der Waals surface area contributed by atoms with Gasteiger partial charge in [0.1, 0.15) is 16.4 Å². The highest BCUT2D eigenvalue weighted by molar-refractivity contribution is 7.20. The highest BCUT2D eigenvalue weighted by Crippen LogP contribution is 2.32. The molecular weight excluding hydrogens is 408 g/mol. The van der Waals surface area contributed by atoms with Crippen LogP contribution < -0.4 is 10.1 Å². The van der Waals surface area contributed by atoms with Crippen molar-refractivity contribution in [1.29, 1.82) is 0 Å². The Hall–Kier alpha value is -2.51. The predicted octanol–water partition coefficient (Wildman–Crippen LogP) is 4.45. The predicted molar refractivity (Wildman–Crippen MR) is 125 cm³/mol. The Morgan fingerprint density at radius 2 is 2.03 bits per heavy atom. The lowest BCUT2D eigenvalue weighted by Gasteiger charge is -2.28. The first-order valence-electron chi connectivity index (χ1n) is 10.9. The molecule has 1 aliphatic heterocycles. The van der Waals surface area contributed by atoms with Gasteiger partial charge in [0.15, 0.2) is 0 Å². The standard InChI is InChI=1S/C24H30N4O2S/c1-5-20-26-16(3)21-15(2)22(31-24(21)27-20)23(29)25-14-19(28-11-6-7-12-28)17-9-8-10-18(13-17)30-4/h8-10,13,19H,5-7,11-12,14H2,1-4H3,(H,25,29)/t19-/m1/s1. The van der Waals surface area contributed by atoms with Crippen LogP contribution in [0.2, 0.25) is 0 Å². The zero-order valence-corrected chi connectivity index (χ0v) is 19.5. The van der Waals surface area contributed by atoms with E-state index in [-0.39, 0.29) is 11.9 Å². The Morgan fingerprint density at radius 3 is 2.74 bits per heavy atom. The summed E-state index contributed by atoms with van der Waals surface area (Å²) in [6.45, 7) is 8.70. The molecule has 3 aromatic rings. The quantitative estimate of drug-likeness (QED) is 0.590. The fourth-order valence-corrected chi connectivity index (χ4v) is 5.57. The number of hydrogen-bond donors (Lipinski definition) is 1. The van der Waals surface area contributed by atoms with Gasteiger partial charge >= 0.3 is 0 Å². The van der Waals surface area contributed by atoms with Crippen molar-refractivity contribution in [2.24, 2.45) is 0 Å². The number of aromatic nitrogens is 2. The highest BCUT2D eigenvalue weighted by Gasteiger charge is 2.26. The first kappa shape index (κ1) is 21.7. The van der Waals surface area contributed by atoms with Crippen molar-refractivity contribution in [2.45, 2.75) is 46.1 Å². The number of nitrogens with one attached hydrogen (secondary N) is 1. The topological polar surface area (TPSA) is 67.3 Å². The van der Waals surface area contributed by atoms with E-state index in [2.05, 4.69) is 32.3 Å². The first-order chi connectivity index (χ1) is 15.0. The van der Waals surface area contributed by atoms with Crippen LogP contribution in [0.4, 0.5) is 0 Å². The van der Waals surface area contributed by atoms with Crippen LogP contribution in [0.3, 0.4) is 0 Å². The summed E-state index contributed by atoms with van der Waals surface area (Å²) in [7, 11) is 1.69. The molecule has 1 N–H and O–H groups in total. The van der Waals surface area contributed by atoms with Gasteiger partial charge in [-0.25, -0.2) is 9.97 Å². The minimum atomic E-state index is -0.0370. The largest absolute Gasteiger partial charge is 0.497 e. The van der Waals surface area contributed by atoms with Crippen LogP contribution in [0.5, 0.6) is 5.75 Å². The zero-order valence-electron chi connectivity index (χ0n) is 18.7. The number of ether oxygens (including phenoxy) is 1. The monoisotopic (exact) mass is 438 g/mol. The molecule has 1 saturated heterocycles. The van der Waals surface area contributed by atoms with E-state index in [0.29, 0.717) is 6.54 Å². The molecular formula is C24H30N4O2S. The van der Waals surface area contributed by atoms with Gasteiger partial charge in [-0.05, 0) is 63.0 Å². The Bertz CT molecular complexity index is 1090. The molecule has 7 heteroatoms. The van der Waals surface area contributed by atoms with Gasteiger partial charge in [0, 0.05) is 24.0 Å². The van der Waals surface area contributed by atoms with Crippen LogP contribution in [0.15, 0.2) is 24.3 Å². The SMILES string of the molecule is CCc1nc(C)c2c(C)c(C(=O)NC[C@H](c3cccc(OC)c3)N3CCCC3)sc2n1. The summed E-state index contributed by atoms with van der Waals surface area (Å²) in [6.07, 6.45) is 3.18. The molecule has 0 aliphatic carbocycles. The second-order valence-corrected chi connectivity index (χ2v) is 9.06. The van der Waals surface area contributed by atoms with Crippen molar-refractivity contribution in [2.75, 3.05) is 26.7 Å². The summed E-state index contributed by atoms with van der Waals surface area (Å²) < 4.78 is 5.42. The van der Waals surface area contributed by atoms with Crippen LogP contribution in [0, 0.1) is 13.8 Å². The van der Waals surface area contributed by atoms with Crippen molar-refractivity contribution >= 4 is 27.5 Å². The second-order valence-electron chi connectivity index (χ2n) is 8.06. The molecule has 0 radical (unpaired) electrons. The van der Waals surface area contributed by atoms with Crippen LogP contribution in [-0.2, 0) is 6.42 Å². The summed E-state index contributed by atoms with van der Waals surface area (Å²) in [4.78, 5) is 26.5. The van der Waals surface area contributed by atoms with E-state index in [1.165, 1.54) is 29.7 Å². The van der Waals surface area contributed by atoms with Crippen molar-refractivity contribution in [1.82, 2.24) is 20.2 Å². The molecule has 1 atom stereocenters. The minimum absolute atomic E-state index is 0.0370.